The van der Waals surface area contributed by atoms with Crippen LogP contribution in [0.2, 0.25) is 0 Å². The maximum atomic E-state index is 14.2. The molecule has 40 heavy (non-hydrogen) atoms. The van der Waals surface area contributed by atoms with Crippen LogP contribution >= 0.6 is 0 Å². The van der Waals surface area contributed by atoms with E-state index in [2.05, 4.69) is 15.6 Å². The zero-order valence-electron chi connectivity index (χ0n) is 22.3. The van der Waals surface area contributed by atoms with Crippen LogP contribution in [0.5, 0.6) is 0 Å². The molecule has 3 N–H and O–H groups in total. The van der Waals surface area contributed by atoms with E-state index in [1.54, 1.807) is 32.0 Å². The summed E-state index contributed by atoms with van der Waals surface area (Å²) in [6.07, 6.45) is 2.12. The number of likely N-dealkylation sites (tertiary alicyclic amines) is 1. The molecule has 0 radical (unpaired) electrons. The second-order valence-electron chi connectivity index (χ2n) is 10.2. The van der Waals surface area contributed by atoms with Crippen molar-refractivity contribution in [1.29, 1.82) is 0 Å². The maximum Gasteiger partial charge on any atom is 0.305 e. The topological polar surface area (TPSA) is 146 Å². The highest BCUT2D eigenvalue weighted by atomic mass is 16.4. The van der Waals surface area contributed by atoms with Crippen molar-refractivity contribution >= 4 is 40.7 Å². The summed E-state index contributed by atoms with van der Waals surface area (Å²) in [5.74, 6) is -3.14. The normalized spacial score (nSPS) is 18.2. The number of carbonyl (C=O) groups excluding carboxylic acids is 4. The van der Waals surface area contributed by atoms with Crippen molar-refractivity contribution in [2.24, 2.45) is 5.92 Å². The van der Waals surface area contributed by atoms with Gasteiger partial charge >= 0.3 is 5.97 Å². The molecule has 3 amide bonds. The first-order valence-corrected chi connectivity index (χ1v) is 13.2. The van der Waals surface area contributed by atoms with E-state index in [0.717, 1.165) is 10.9 Å². The summed E-state index contributed by atoms with van der Waals surface area (Å²) >= 11 is 0. The minimum Gasteiger partial charge on any atom is -0.481 e. The number of nitrogens with one attached hydrogen (secondary N) is 2. The molecule has 2 heterocycles. The molecule has 3 aromatic rings. The highest BCUT2D eigenvalue weighted by Crippen LogP contribution is 2.37. The van der Waals surface area contributed by atoms with Crippen LogP contribution in [0.1, 0.15) is 55.2 Å². The van der Waals surface area contributed by atoms with Crippen LogP contribution in [-0.2, 0) is 19.2 Å². The fourth-order valence-electron chi connectivity index (χ4n) is 5.16. The molecule has 1 aliphatic rings. The van der Waals surface area contributed by atoms with E-state index in [9.17, 15) is 24.0 Å². The minimum absolute atomic E-state index is 0.189. The van der Waals surface area contributed by atoms with Gasteiger partial charge in [0.05, 0.1) is 18.5 Å². The fourth-order valence-corrected chi connectivity index (χ4v) is 5.16. The Labute approximate surface area is 231 Å². The number of carboxylic acids is 1. The van der Waals surface area contributed by atoms with Crippen LogP contribution in [-0.4, -0.2) is 63.1 Å². The first-order chi connectivity index (χ1) is 19.2. The van der Waals surface area contributed by atoms with Crippen LogP contribution in [0.4, 0.5) is 0 Å². The Hall–Kier alpha value is -4.60. The van der Waals surface area contributed by atoms with Crippen molar-refractivity contribution in [3.8, 4) is 0 Å². The van der Waals surface area contributed by atoms with Crippen molar-refractivity contribution < 1.29 is 29.1 Å². The quantitative estimate of drug-likeness (QED) is 0.333. The predicted molar refractivity (Wildman–Crippen MR) is 147 cm³/mol. The molecule has 1 fully saturated rings. The maximum absolute atomic E-state index is 14.2. The second kappa shape index (κ2) is 12.5. The summed E-state index contributed by atoms with van der Waals surface area (Å²) in [5.41, 5.74) is 1.02. The molecule has 10 nitrogen and oxygen atoms in total. The van der Waals surface area contributed by atoms with Gasteiger partial charge in [-0.05, 0) is 35.8 Å². The number of hydrogen-bond acceptors (Lipinski definition) is 6. The van der Waals surface area contributed by atoms with Gasteiger partial charge < -0.3 is 25.4 Å². The number of nitrogens with zero attached hydrogens (tertiary/aromatic N) is 2. The van der Waals surface area contributed by atoms with Crippen LogP contribution in [0.15, 0.2) is 66.9 Å². The standard InChI is InChI=1S/C30H32N4O6/c1-18(2)26(33-29(39)27-22-11-7-6-8-19(22)14-15-31-27)30(40)34-23(20-9-4-3-5-10-20)12-13-24(34)28(38)32-21(17-35)16-25(36)37/h3-11,14-15,17-18,21,23-24,26H,12-13,16H2,1-2H3,(H,32,38)(H,33,39)(H,36,37). The molecule has 1 aromatic heterocycles. The number of aromatic nitrogens is 1. The van der Waals surface area contributed by atoms with Gasteiger partial charge in [-0.1, -0.05) is 68.4 Å². The van der Waals surface area contributed by atoms with Gasteiger partial charge in [0.2, 0.25) is 11.8 Å². The lowest BCUT2D eigenvalue weighted by Gasteiger charge is -2.35. The van der Waals surface area contributed by atoms with E-state index in [1.165, 1.54) is 11.1 Å². The average Bonchev–Trinajstić information content (AvgIpc) is 3.40. The smallest absolute Gasteiger partial charge is 0.305 e. The van der Waals surface area contributed by atoms with E-state index >= 15 is 0 Å². The van der Waals surface area contributed by atoms with Gasteiger partial charge in [0.1, 0.15) is 24.1 Å². The number of amides is 3. The summed E-state index contributed by atoms with van der Waals surface area (Å²) in [7, 11) is 0. The van der Waals surface area contributed by atoms with E-state index in [0.29, 0.717) is 24.5 Å². The number of benzene rings is 2. The molecule has 4 atom stereocenters. The third kappa shape index (κ3) is 6.17. The third-order valence-corrected chi connectivity index (χ3v) is 7.12. The average molecular weight is 545 g/mol. The van der Waals surface area contributed by atoms with Crippen molar-refractivity contribution in [2.75, 3.05) is 0 Å². The van der Waals surface area contributed by atoms with Crippen molar-refractivity contribution in [3.63, 3.8) is 0 Å². The fraction of sp³-hybridized carbons (Fsp3) is 0.333. The second-order valence-corrected chi connectivity index (χ2v) is 10.2. The number of hydrogen-bond donors (Lipinski definition) is 3. The predicted octanol–water partition coefficient (Wildman–Crippen LogP) is 2.88. The summed E-state index contributed by atoms with van der Waals surface area (Å²) in [5, 5.41) is 15.9. The molecular formula is C30H32N4O6. The van der Waals surface area contributed by atoms with E-state index in [1.807, 2.05) is 42.5 Å². The first-order valence-electron chi connectivity index (χ1n) is 13.2. The van der Waals surface area contributed by atoms with Gasteiger partial charge in [-0.3, -0.25) is 24.2 Å². The minimum atomic E-state index is -1.23. The van der Waals surface area contributed by atoms with Gasteiger partial charge in [-0.2, -0.15) is 0 Å². The largest absolute Gasteiger partial charge is 0.481 e. The zero-order valence-corrected chi connectivity index (χ0v) is 22.3. The number of carboxylic acid groups (broad SMARTS) is 1. The Morgan fingerprint density at radius 3 is 2.38 bits per heavy atom. The molecule has 0 aliphatic carbocycles. The number of aldehydes is 1. The summed E-state index contributed by atoms with van der Waals surface area (Å²) in [6.45, 7) is 3.61. The Morgan fingerprint density at radius 2 is 1.70 bits per heavy atom. The van der Waals surface area contributed by atoms with Crippen LogP contribution in [0.3, 0.4) is 0 Å². The van der Waals surface area contributed by atoms with E-state index in [4.69, 9.17) is 5.11 Å². The summed E-state index contributed by atoms with van der Waals surface area (Å²) in [4.78, 5) is 69.2. The van der Waals surface area contributed by atoms with Gasteiger partial charge in [-0.25, -0.2) is 0 Å². The Morgan fingerprint density at radius 1 is 1.00 bits per heavy atom. The van der Waals surface area contributed by atoms with Crippen LogP contribution in [0, 0.1) is 5.92 Å². The van der Waals surface area contributed by atoms with Gasteiger partial charge in [-0.15, -0.1) is 0 Å². The van der Waals surface area contributed by atoms with Crippen molar-refractivity contribution in [1.82, 2.24) is 20.5 Å². The SMILES string of the molecule is CC(C)C(NC(=O)c1nccc2ccccc12)C(=O)N1C(C(=O)NC(C=O)CC(=O)O)CCC1c1ccccc1. The molecule has 0 bridgehead atoms. The first kappa shape index (κ1) is 28.4. The summed E-state index contributed by atoms with van der Waals surface area (Å²) in [6, 6.07) is 14.8. The molecule has 208 valence electrons. The Kier molecular flexibility index (Phi) is 8.88. The van der Waals surface area contributed by atoms with Gasteiger partial charge in [0, 0.05) is 11.6 Å². The molecule has 1 saturated heterocycles. The van der Waals surface area contributed by atoms with Crippen molar-refractivity contribution in [2.45, 2.75) is 57.3 Å². The molecule has 0 saturated carbocycles. The molecule has 10 heteroatoms. The molecule has 1 aliphatic heterocycles. The Balaban J connectivity index is 1.65. The highest BCUT2D eigenvalue weighted by Gasteiger charge is 2.45. The highest BCUT2D eigenvalue weighted by molar-refractivity contribution is 6.06. The Bertz CT molecular complexity index is 1400. The lowest BCUT2D eigenvalue weighted by Crippen LogP contribution is -2.56. The summed E-state index contributed by atoms with van der Waals surface area (Å²) < 4.78 is 0. The number of fused-ring (bicyclic) bond motifs is 1. The van der Waals surface area contributed by atoms with Gasteiger partial charge in [0.15, 0.2) is 0 Å². The van der Waals surface area contributed by atoms with E-state index < -0.39 is 54.3 Å². The lowest BCUT2D eigenvalue weighted by atomic mass is 9.99. The molecule has 4 unspecified atom stereocenters. The number of aliphatic carboxylic acids is 1. The van der Waals surface area contributed by atoms with Crippen LogP contribution < -0.4 is 10.6 Å². The van der Waals surface area contributed by atoms with Crippen LogP contribution in [0.25, 0.3) is 10.8 Å². The van der Waals surface area contributed by atoms with E-state index in [-0.39, 0.29) is 11.6 Å². The number of pyridine rings is 1. The zero-order chi connectivity index (χ0) is 28.8. The molecular weight excluding hydrogens is 512 g/mol. The third-order valence-electron chi connectivity index (χ3n) is 7.12. The molecule has 4 rings (SSSR count). The number of rotatable bonds is 10. The lowest BCUT2D eigenvalue weighted by molar-refractivity contribution is -0.144. The monoisotopic (exact) mass is 544 g/mol. The van der Waals surface area contributed by atoms with Crippen molar-refractivity contribution in [3.05, 3.63) is 78.1 Å². The van der Waals surface area contributed by atoms with Gasteiger partial charge in [0.25, 0.3) is 5.91 Å². The molecule has 2 aromatic carbocycles. The number of carbonyl (C=O) groups is 5. The molecule has 0 spiro atoms.